The third-order valence-electron chi connectivity index (χ3n) is 1.11. The molecule has 0 heterocycles. The van der Waals surface area contributed by atoms with Crippen LogP contribution in [0.25, 0.3) is 11.1 Å². The van der Waals surface area contributed by atoms with Crippen molar-refractivity contribution >= 4 is 8.25 Å². The number of hydrogen-bond donors (Lipinski definition) is 2. The molecular weight excluding hydrogens is 151 g/mol. The van der Waals surface area contributed by atoms with Crippen molar-refractivity contribution in [1.82, 2.24) is 0 Å². The summed E-state index contributed by atoms with van der Waals surface area (Å²) in [4.78, 5) is 14.2. The first-order valence-corrected chi connectivity index (χ1v) is 3.82. The normalized spacial score (nSPS) is 9.40. The highest BCUT2D eigenvalue weighted by Crippen LogP contribution is 2.32. The molecule has 0 radical (unpaired) electrons. The summed E-state index contributed by atoms with van der Waals surface area (Å²) in [5.74, 6) is 0. The Bertz CT molecular complexity index is 238. The molecule has 4 heteroatoms. The molecule has 0 fully saturated rings. The lowest BCUT2D eigenvalue weighted by Crippen LogP contribution is -1.38. The molecule has 0 amide bonds. The minimum Gasteiger partial charge on any atom is -0.134 e. The van der Waals surface area contributed by atoms with Gasteiger partial charge in [0.25, 0.3) is 0 Å². The molecule has 2 aliphatic rings. The molecule has 10 heavy (non-hydrogen) atoms. The van der Waals surface area contributed by atoms with Gasteiger partial charge in [-0.15, -0.1) is 9.79 Å². The summed E-state index contributed by atoms with van der Waals surface area (Å²) in [6, 6.07) is 8.48. The van der Waals surface area contributed by atoms with Crippen LogP contribution in [-0.4, -0.2) is 9.79 Å². The molecule has 52 valence electrons. The van der Waals surface area contributed by atoms with Crippen LogP contribution in [-0.2, 0) is 4.57 Å². The van der Waals surface area contributed by atoms with Crippen LogP contribution in [0.3, 0.4) is 0 Å². The third kappa shape index (κ3) is 2.23. The number of benzene rings is 1. The monoisotopic (exact) mass is 157 g/mol. The van der Waals surface area contributed by atoms with Gasteiger partial charge in [-0.05, 0) is 17.2 Å². The summed E-state index contributed by atoms with van der Waals surface area (Å²) in [6.07, 6.45) is 0. The van der Waals surface area contributed by atoms with Crippen molar-refractivity contribution < 1.29 is 14.4 Å². The first-order valence-electron chi connectivity index (χ1n) is 2.65. The second kappa shape index (κ2) is 2.88. The van der Waals surface area contributed by atoms with Gasteiger partial charge in [-0.3, -0.25) is 0 Å². The van der Waals surface area contributed by atoms with E-state index in [1.165, 1.54) is 11.1 Å². The van der Waals surface area contributed by atoms with Gasteiger partial charge < -0.3 is 0 Å². The van der Waals surface area contributed by atoms with Crippen LogP contribution in [0.2, 0.25) is 0 Å². The zero-order valence-electron chi connectivity index (χ0n) is 5.06. The topological polar surface area (TPSA) is 57.5 Å². The maximum Gasteiger partial charge on any atom is 0.692 e. The molecule has 0 unspecified atom stereocenters. The molecule has 0 aromatic carbocycles. The molecule has 2 aliphatic carbocycles. The van der Waals surface area contributed by atoms with E-state index in [0.29, 0.717) is 0 Å². The molecule has 0 saturated heterocycles. The lowest BCUT2D eigenvalue weighted by atomic mass is 10.6. The second-order valence-corrected chi connectivity index (χ2v) is 2.34. The average Bonchev–Trinajstić information content (AvgIpc) is 2.40. The second-order valence-electron chi connectivity index (χ2n) is 1.83. The fourth-order valence-electron chi connectivity index (χ4n) is 0.676. The standard InChI is InChI=1S/C6H4.HO3P/c1-2-5-4-6(5)3-1;1-4(2)3/h1-4H;(H-,1,2,3)/p+1. The van der Waals surface area contributed by atoms with E-state index < -0.39 is 8.25 Å². The fourth-order valence-corrected chi connectivity index (χ4v) is 0.676. The van der Waals surface area contributed by atoms with Crippen LogP contribution in [0.1, 0.15) is 0 Å². The van der Waals surface area contributed by atoms with Crippen molar-refractivity contribution in [3.05, 3.63) is 24.3 Å². The Morgan fingerprint density at radius 2 is 1.60 bits per heavy atom. The van der Waals surface area contributed by atoms with Crippen LogP contribution < -0.4 is 0 Å². The van der Waals surface area contributed by atoms with Gasteiger partial charge >= 0.3 is 8.25 Å². The highest BCUT2D eigenvalue weighted by atomic mass is 31.1. The van der Waals surface area contributed by atoms with Crippen molar-refractivity contribution in [2.45, 2.75) is 0 Å². The van der Waals surface area contributed by atoms with Crippen molar-refractivity contribution in [2.24, 2.45) is 0 Å². The molecule has 2 rings (SSSR count). The summed E-state index contributed by atoms with van der Waals surface area (Å²) < 4.78 is 8.70. The van der Waals surface area contributed by atoms with E-state index in [4.69, 9.17) is 14.4 Å². The van der Waals surface area contributed by atoms with Gasteiger partial charge in [0.15, 0.2) is 0 Å². The summed E-state index contributed by atoms with van der Waals surface area (Å²) in [5, 5.41) is 0. The van der Waals surface area contributed by atoms with E-state index in [1.54, 1.807) is 0 Å². The lowest BCUT2D eigenvalue weighted by molar-refractivity contribution is 0.405. The molecular formula is C6H6O3P+. The van der Waals surface area contributed by atoms with Crippen LogP contribution in [0, 0.1) is 0 Å². The van der Waals surface area contributed by atoms with Crippen molar-refractivity contribution in [1.29, 1.82) is 0 Å². The van der Waals surface area contributed by atoms with E-state index in [1.807, 2.05) is 0 Å². The largest absolute Gasteiger partial charge is 0.692 e. The Kier molecular flexibility index (Phi) is 2.12. The zero-order chi connectivity index (χ0) is 7.56. The Morgan fingerprint density at radius 3 is 1.70 bits per heavy atom. The zero-order valence-corrected chi connectivity index (χ0v) is 5.95. The number of hydrogen-bond acceptors (Lipinski definition) is 1. The van der Waals surface area contributed by atoms with Crippen molar-refractivity contribution in [2.75, 3.05) is 0 Å². The SMILES string of the molecule is O=[P+](O)O.c1cc2cc-2c1. The first-order chi connectivity index (χ1) is 4.70. The minimum atomic E-state index is -2.87. The predicted octanol–water partition coefficient (Wildman–Crippen LogP) is 1.30. The third-order valence-corrected chi connectivity index (χ3v) is 1.11. The number of rotatable bonds is 0. The van der Waals surface area contributed by atoms with E-state index in [2.05, 4.69) is 24.3 Å². The first kappa shape index (κ1) is 7.35. The quantitative estimate of drug-likeness (QED) is 0.566. The van der Waals surface area contributed by atoms with Gasteiger partial charge in [-0.25, -0.2) is 0 Å². The molecule has 0 aliphatic heterocycles. The predicted molar refractivity (Wildman–Crippen MR) is 37.5 cm³/mol. The van der Waals surface area contributed by atoms with E-state index >= 15 is 0 Å². The Hall–Kier alpha value is -0.760. The molecule has 2 N–H and O–H groups in total. The summed E-state index contributed by atoms with van der Waals surface area (Å²) in [7, 11) is -2.87. The minimum absolute atomic E-state index is 1.43. The molecule has 0 aromatic heterocycles. The van der Waals surface area contributed by atoms with Crippen LogP contribution in [0.4, 0.5) is 0 Å². The van der Waals surface area contributed by atoms with E-state index in [0.717, 1.165) is 0 Å². The molecule has 0 bridgehead atoms. The summed E-state index contributed by atoms with van der Waals surface area (Å²) in [6.45, 7) is 0. The molecule has 0 spiro atoms. The summed E-state index contributed by atoms with van der Waals surface area (Å²) >= 11 is 0. The molecule has 0 saturated carbocycles. The van der Waals surface area contributed by atoms with E-state index in [9.17, 15) is 0 Å². The van der Waals surface area contributed by atoms with Crippen molar-refractivity contribution in [3.8, 4) is 11.1 Å². The summed E-state index contributed by atoms with van der Waals surface area (Å²) in [5.41, 5.74) is 2.85. The maximum atomic E-state index is 8.70. The van der Waals surface area contributed by atoms with Crippen LogP contribution >= 0.6 is 8.25 Å². The lowest BCUT2D eigenvalue weighted by Gasteiger charge is -1.48. The molecule has 0 atom stereocenters. The highest BCUT2D eigenvalue weighted by Gasteiger charge is 2.06. The Morgan fingerprint density at radius 1 is 1.20 bits per heavy atom. The van der Waals surface area contributed by atoms with Gasteiger partial charge in [0.2, 0.25) is 0 Å². The smallest absolute Gasteiger partial charge is 0.134 e. The molecule has 3 nitrogen and oxygen atoms in total. The Balaban J connectivity index is 0.000000112. The van der Waals surface area contributed by atoms with Gasteiger partial charge in [-0.2, -0.15) is 0 Å². The Labute approximate surface area is 58.9 Å². The van der Waals surface area contributed by atoms with Crippen LogP contribution in [0.5, 0.6) is 0 Å². The molecule has 0 aromatic rings. The van der Waals surface area contributed by atoms with Gasteiger partial charge in [0.1, 0.15) is 0 Å². The average molecular weight is 157 g/mol. The number of fused-ring (bicyclic) bond motifs is 1. The highest BCUT2D eigenvalue weighted by molar-refractivity contribution is 7.30. The maximum absolute atomic E-state index is 8.70. The van der Waals surface area contributed by atoms with Crippen molar-refractivity contribution in [3.63, 3.8) is 0 Å². The van der Waals surface area contributed by atoms with E-state index in [-0.39, 0.29) is 0 Å². The van der Waals surface area contributed by atoms with Gasteiger partial charge in [0.05, 0.1) is 0 Å². The van der Waals surface area contributed by atoms with Crippen LogP contribution in [0.15, 0.2) is 24.3 Å². The van der Waals surface area contributed by atoms with Gasteiger partial charge in [0, 0.05) is 4.57 Å². The van der Waals surface area contributed by atoms with Gasteiger partial charge in [-0.1, -0.05) is 18.2 Å². The fraction of sp³-hybridized carbons (Fsp3) is 0.